The average molecular weight is 268 g/mol. The minimum absolute atomic E-state index is 0.238. The molecular formula is C15H24O4. The maximum atomic E-state index is 10.2. The van der Waals surface area contributed by atoms with Crippen molar-refractivity contribution in [2.45, 2.75) is 70.4 Å². The summed E-state index contributed by atoms with van der Waals surface area (Å²) in [6.07, 6.45) is 9.39. The van der Waals surface area contributed by atoms with Crippen LogP contribution in [0.2, 0.25) is 0 Å². The largest absolute Gasteiger partial charge is 0.387 e. The fourth-order valence-electron chi connectivity index (χ4n) is 2.42. The molecule has 4 heteroatoms. The van der Waals surface area contributed by atoms with Crippen molar-refractivity contribution in [1.82, 2.24) is 0 Å². The van der Waals surface area contributed by atoms with Crippen LogP contribution in [0.3, 0.4) is 0 Å². The second kappa shape index (κ2) is 6.18. The van der Waals surface area contributed by atoms with Crippen LogP contribution in [0.5, 0.6) is 0 Å². The first kappa shape index (κ1) is 14.7. The molecule has 4 nitrogen and oxygen atoms in total. The fraction of sp³-hybridized carbons (Fsp3) is 0.733. The molecule has 0 spiro atoms. The number of hydrogen-bond acceptors (Lipinski definition) is 4. The standard InChI is InChI=1S/C15H24O4/c1-4-5-6-7-8-9-10-11-12(16)13-14(17-11)19-15(2,3)18-13/h5-6,8-9,11-14,16H,4,7,10H2,1-3H3/b6-5+,9-8-/t11-,12+,13-,14-/m1/s1. The molecule has 0 radical (unpaired) electrons. The Labute approximate surface area is 115 Å². The molecule has 0 amide bonds. The summed E-state index contributed by atoms with van der Waals surface area (Å²) in [6, 6.07) is 0. The van der Waals surface area contributed by atoms with Crippen LogP contribution < -0.4 is 0 Å². The van der Waals surface area contributed by atoms with E-state index in [2.05, 4.69) is 25.2 Å². The topological polar surface area (TPSA) is 47.9 Å². The summed E-state index contributed by atoms with van der Waals surface area (Å²) < 4.78 is 16.9. The molecular weight excluding hydrogens is 244 g/mol. The summed E-state index contributed by atoms with van der Waals surface area (Å²) in [5.74, 6) is -0.665. The number of rotatable bonds is 5. The van der Waals surface area contributed by atoms with E-state index < -0.39 is 18.2 Å². The highest BCUT2D eigenvalue weighted by atomic mass is 16.8. The van der Waals surface area contributed by atoms with E-state index in [0.717, 1.165) is 12.8 Å². The Balaban J connectivity index is 1.77. The van der Waals surface area contributed by atoms with E-state index >= 15 is 0 Å². The van der Waals surface area contributed by atoms with Gasteiger partial charge in [-0.05, 0) is 33.1 Å². The highest BCUT2D eigenvalue weighted by Crippen LogP contribution is 2.38. The van der Waals surface area contributed by atoms with E-state index in [1.165, 1.54) is 0 Å². The Bertz CT molecular complexity index is 348. The second-order valence-corrected chi connectivity index (χ2v) is 5.46. The van der Waals surface area contributed by atoms with Crippen molar-refractivity contribution in [3.05, 3.63) is 24.3 Å². The molecule has 0 bridgehead atoms. The Hall–Kier alpha value is -0.680. The van der Waals surface area contributed by atoms with E-state index in [4.69, 9.17) is 14.2 Å². The highest BCUT2D eigenvalue weighted by Gasteiger charge is 2.53. The first-order valence-electron chi connectivity index (χ1n) is 7.02. The molecule has 0 aromatic rings. The van der Waals surface area contributed by atoms with Crippen LogP contribution in [0.1, 0.15) is 40.0 Å². The number of aliphatic hydroxyl groups is 1. The summed E-state index contributed by atoms with van der Waals surface area (Å²) in [7, 11) is 0. The summed E-state index contributed by atoms with van der Waals surface area (Å²) in [5, 5.41) is 10.2. The van der Waals surface area contributed by atoms with E-state index in [1.54, 1.807) is 0 Å². The molecule has 0 aromatic carbocycles. The zero-order valence-corrected chi connectivity index (χ0v) is 11.9. The maximum absolute atomic E-state index is 10.2. The number of ether oxygens (including phenoxy) is 3. The molecule has 2 heterocycles. The third-order valence-electron chi connectivity index (χ3n) is 3.32. The predicted molar refractivity (Wildman–Crippen MR) is 72.5 cm³/mol. The molecule has 0 unspecified atom stereocenters. The molecule has 0 saturated carbocycles. The van der Waals surface area contributed by atoms with Gasteiger partial charge in [0.2, 0.25) is 0 Å². The normalized spacial score (nSPS) is 37.5. The molecule has 2 fully saturated rings. The van der Waals surface area contributed by atoms with Gasteiger partial charge in [-0.3, -0.25) is 0 Å². The molecule has 2 aliphatic rings. The van der Waals surface area contributed by atoms with Crippen molar-refractivity contribution in [1.29, 1.82) is 0 Å². The van der Waals surface area contributed by atoms with Gasteiger partial charge >= 0.3 is 0 Å². The van der Waals surface area contributed by atoms with Gasteiger partial charge in [0, 0.05) is 0 Å². The van der Waals surface area contributed by atoms with Crippen LogP contribution in [0.15, 0.2) is 24.3 Å². The lowest BCUT2D eigenvalue weighted by molar-refractivity contribution is -0.214. The van der Waals surface area contributed by atoms with Crippen LogP contribution in [-0.2, 0) is 14.2 Å². The highest BCUT2D eigenvalue weighted by molar-refractivity contribution is 4.98. The van der Waals surface area contributed by atoms with E-state index in [1.807, 2.05) is 19.9 Å². The molecule has 2 saturated heterocycles. The lowest BCUT2D eigenvalue weighted by Gasteiger charge is -2.22. The number of allylic oxidation sites excluding steroid dienone is 3. The van der Waals surface area contributed by atoms with Crippen molar-refractivity contribution in [2.75, 3.05) is 0 Å². The van der Waals surface area contributed by atoms with Crippen LogP contribution in [-0.4, -0.2) is 35.5 Å². The zero-order chi connectivity index (χ0) is 13.9. The molecule has 4 atom stereocenters. The first-order valence-corrected chi connectivity index (χ1v) is 7.02. The molecule has 19 heavy (non-hydrogen) atoms. The van der Waals surface area contributed by atoms with E-state index in [9.17, 15) is 5.11 Å². The SMILES string of the molecule is CC/C=C/C/C=C\C[C@H]1O[C@@H]2OC(C)(C)O[C@@H]2[C@H]1O. The average Bonchev–Trinajstić information content (AvgIpc) is 2.79. The molecule has 108 valence electrons. The lowest BCUT2D eigenvalue weighted by Crippen LogP contribution is -2.34. The summed E-state index contributed by atoms with van der Waals surface area (Å²) in [4.78, 5) is 0. The Morgan fingerprint density at radius 2 is 1.84 bits per heavy atom. The van der Waals surface area contributed by atoms with Crippen molar-refractivity contribution in [3.63, 3.8) is 0 Å². The molecule has 0 aromatic heterocycles. The van der Waals surface area contributed by atoms with Gasteiger partial charge in [-0.1, -0.05) is 31.2 Å². The van der Waals surface area contributed by atoms with Crippen molar-refractivity contribution in [3.8, 4) is 0 Å². The summed E-state index contributed by atoms with van der Waals surface area (Å²) in [5.41, 5.74) is 0. The predicted octanol–water partition coefficient (Wildman–Crippen LogP) is 2.53. The third kappa shape index (κ3) is 3.66. The quantitative estimate of drug-likeness (QED) is 0.778. The van der Waals surface area contributed by atoms with Gasteiger partial charge in [0.1, 0.15) is 12.2 Å². The van der Waals surface area contributed by atoms with Gasteiger partial charge in [-0.15, -0.1) is 0 Å². The van der Waals surface area contributed by atoms with Crippen molar-refractivity contribution in [2.24, 2.45) is 0 Å². The van der Waals surface area contributed by atoms with Crippen LogP contribution in [0.4, 0.5) is 0 Å². The smallest absolute Gasteiger partial charge is 0.190 e. The van der Waals surface area contributed by atoms with Crippen LogP contribution in [0, 0.1) is 0 Å². The molecule has 1 N–H and O–H groups in total. The Kier molecular flexibility index (Phi) is 4.79. The zero-order valence-electron chi connectivity index (χ0n) is 11.9. The van der Waals surface area contributed by atoms with E-state index in [-0.39, 0.29) is 12.2 Å². The van der Waals surface area contributed by atoms with Gasteiger partial charge in [-0.2, -0.15) is 0 Å². The number of aliphatic hydroxyl groups excluding tert-OH is 1. The monoisotopic (exact) mass is 268 g/mol. The van der Waals surface area contributed by atoms with E-state index in [0.29, 0.717) is 6.42 Å². The van der Waals surface area contributed by atoms with Gasteiger partial charge in [-0.25, -0.2) is 0 Å². The minimum atomic E-state index is -0.665. The molecule has 0 aliphatic carbocycles. The molecule has 2 aliphatic heterocycles. The molecule has 2 rings (SSSR count). The second-order valence-electron chi connectivity index (χ2n) is 5.46. The Morgan fingerprint density at radius 3 is 2.53 bits per heavy atom. The van der Waals surface area contributed by atoms with Crippen molar-refractivity contribution >= 4 is 0 Å². The Morgan fingerprint density at radius 1 is 1.11 bits per heavy atom. The summed E-state index contributed by atoms with van der Waals surface area (Å²) >= 11 is 0. The number of fused-ring (bicyclic) bond motifs is 1. The lowest BCUT2D eigenvalue weighted by atomic mass is 10.1. The first-order chi connectivity index (χ1) is 9.03. The van der Waals surface area contributed by atoms with Crippen LogP contribution in [0.25, 0.3) is 0 Å². The summed E-state index contributed by atoms with van der Waals surface area (Å²) in [6.45, 7) is 5.77. The number of hydrogen-bond donors (Lipinski definition) is 1. The van der Waals surface area contributed by atoms with Gasteiger partial charge < -0.3 is 19.3 Å². The van der Waals surface area contributed by atoms with Gasteiger partial charge in [0.15, 0.2) is 12.1 Å². The minimum Gasteiger partial charge on any atom is -0.387 e. The maximum Gasteiger partial charge on any atom is 0.190 e. The fourth-order valence-corrected chi connectivity index (χ4v) is 2.42. The van der Waals surface area contributed by atoms with Gasteiger partial charge in [0.05, 0.1) is 6.10 Å². The van der Waals surface area contributed by atoms with Crippen molar-refractivity contribution < 1.29 is 19.3 Å². The van der Waals surface area contributed by atoms with Crippen LogP contribution >= 0.6 is 0 Å². The third-order valence-corrected chi connectivity index (χ3v) is 3.32. The van der Waals surface area contributed by atoms with Gasteiger partial charge in [0.25, 0.3) is 0 Å².